The van der Waals surface area contributed by atoms with Crippen molar-refractivity contribution in [3.8, 4) is 11.5 Å². The van der Waals surface area contributed by atoms with Crippen LogP contribution in [0, 0.1) is 6.92 Å². The first kappa shape index (κ1) is 19.2. The van der Waals surface area contributed by atoms with Gasteiger partial charge < -0.3 is 20.1 Å². The molecule has 0 saturated carbocycles. The van der Waals surface area contributed by atoms with Gasteiger partial charge in [0.15, 0.2) is 11.5 Å². The van der Waals surface area contributed by atoms with Crippen molar-refractivity contribution >= 4 is 40.5 Å². The number of carbonyl (C=O) groups excluding carboxylic acids is 1. The Morgan fingerprint density at radius 1 is 1.04 bits per heavy atom. The highest BCUT2D eigenvalue weighted by Gasteiger charge is 2.17. The molecule has 0 spiro atoms. The average Bonchev–Trinajstić information content (AvgIpc) is 2.58. The van der Waals surface area contributed by atoms with Gasteiger partial charge in [0.25, 0.3) is 0 Å². The van der Waals surface area contributed by atoms with E-state index in [1.807, 2.05) is 13.0 Å². The SMILES string of the molecule is COc1cc(C)c(N[C@H](C)C(=O)Nc2ccc(Cl)cc2Cl)cc1OC. The van der Waals surface area contributed by atoms with Crippen molar-refractivity contribution in [2.24, 2.45) is 0 Å². The summed E-state index contributed by atoms with van der Waals surface area (Å²) >= 11 is 11.9. The van der Waals surface area contributed by atoms with Crippen LogP contribution in [0.2, 0.25) is 10.0 Å². The second kappa shape index (κ2) is 8.32. The van der Waals surface area contributed by atoms with Gasteiger partial charge in [0, 0.05) is 16.8 Å². The van der Waals surface area contributed by atoms with Crippen molar-refractivity contribution in [1.29, 1.82) is 0 Å². The van der Waals surface area contributed by atoms with Crippen LogP contribution in [0.1, 0.15) is 12.5 Å². The van der Waals surface area contributed by atoms with Gasteiger partial charge in [-0.15, -0.1) is 0 Å². The number of anilines is 2. The number of rotatable bonds is 6. The largest absolute Gasteiger partial charge is 0.493 e. The van der Waals surface area contributed by atoms with E-state index < -0.39 is 6.04 Å². The molecular weight excluding hydrogens is 363 g/mol. The Bertz CT molecular complexity index is 781. The van der Waals surface area contributed by atoms with Crippen molar-refractivity contribution in [1.82, 2.24) is 0 Å². The highest BCUT2D eigenvalue weighted by atomic mass is 35.5. The topological polar surface area (TPSA) is 59.6 Å². The maximum absolute atomic E-state index is 12.4. The number of nitrogens with one attached hydrogen (secondary N) is 2. The molecule has 1 atom stereocenters. The highest BCUT2D eigenvalue weighted by Crippen LogP contribution is 2.33. The molecule has 2 rings (SSSR count). The smallest absolute Gasteiger partial charge is 0.246 e. The minimum absolute atomic E-state index is 0.224. The molecule has 0 saturated heterocycles. The van der Waals surface area contributed by atoms with E-state index in [-0.39, 0.29) is 5.91 Å². The second-order valence-corrected chi connectivity index (χ2v) is 6.35. The van der Waals surface area contributed by atoms with E-state index in [0.717, 1.165) is 11.3 Å². The van der Waals surface area contributed by atoms with Gasteiger partial charge in [-0.05, 0) is 43.7 Å². The van der Waals surface area contributed by atoms with Gasteiger partial charge in [-0.1, -0.05) is 23.2 Å². The molecule has 25 heavy (non-hydrogen) atoms. The summed E-state index contributed by atoms with van der Waals surface area (Å²) in [7, 11) is 3.14. The summed E-state index contributed by atoms with van der Waals surface area (Å²) in [6, 6.07) is 8.06. The van der Waals surface area contributed by atoms with Crippen LogP contribution in [-0.2, 0) is 4.79 Å². The van der Waals surface area contributed by atoms with E-state index in [9.17, 15) is 4.79 Å². The van der Waals surface area contributed by atoms with E-state index in [2.05, 4.69) is 10.6 Å². The number of benzene rings is 2. The van der Waals surface area contributed by atoms with Gasteiger partial charge in [0.05, 0.1) is 24.9 Å². The lowest BCUT2D eigenvalue weighted by Gasteiger charge is -2.19. The molecule has 5 nitrogen and oxygen atoms in total. The highest BCUT2D eigenvalue weighted by molar-refractivity contribution is 6.36. The Morgan fingerprint density at radius 3 is 2.28 bits per heavy atom. The van der Waals surface area contributed by atoms with Crippen LogP contribution in [0.4, 0.5) is 11.4 Å². The number of aryl methyl sites for hydroxylation is 1. The lowest BCUT2D eigenvalue weighted by atomic mass is 10.1. The van der Waals surface area contributed by atoms with Crippen molar-refractivity contribution in [3.05, 3.63) is 45.9 Å². The first-order chi connectivity index (χ1) is 11.8. The zero-order valence-electron chi connectivity index (χ0n) is 14.4. The molecule has 7 heteroatoms. The van der Waals surface area contributed by atoms with Crippen molar-refractivity contribution in [3.63, 3.8) is 0 Å². The number of ether oxygens (including phenoxy) is 2. The first-order valence-corrected chi connectivity index (χ1v) is 8.36. The van der Waals surface area contributed by atoms with Crippen LogP contribution in [0.15, 0.2) is 30.3 Å². The molecule has 2 aromatic rings. The van der Waals surface area contributed by atoms with Crippen molar-refractivity contribution in [2.45, 2.75) is 19.9 Å². The molecule has 2 aromatic carbocycles. The Kier molecular flexibility index (Phi) is 6.39. The maximum Gasteiger partial charge on any atom is 0.246 e. The molecule has 2 N–H and O–H groups in total. The quantitative estimate of drug-likeness (QED) is 0.755. The van der Waals surface area contributed by atoms with Gasteiger partial charge in [-0.2, -0.15) is 0 Å². The second-order valence-electron chi connectivity index (χ2n) is 5.50. The van der Waals surface area contributed by atoms with E-state index in [1.165, 1.54) is 0 Å². The molecule has 0 aliphatic heterocycles. The van der Waals surface area contributed by atoms with Crippen LogP contribution in [0.25, 0.3) is 0 Å². The minimum atomic E-state index is -0.497. The first-order valence-electron chi connectivity index (χ1n) is 7.60. The predicted octanol–water partition coefficient (Wildman–Crippen LogP) is 4.76. The molecule has 1 amide bonds. The van der Waals surface area contributed by atoms with Crippen molar-refractivity contribution < 1.29 is 14.3 Å². The molecule has 0 unspecified atom stereocenters. The monoisotopic (exact) mass is 382 g/mol. The van der Waals surface area contributed by atoms with Gasteiger partial charge in [-0.3, -0.25) is 4.79 Å². The Hall–Kier alpha value is -2.11. The fourth-order valence-corrected chi connectivity index (χ4v) is 2.72. The van der Waals surface area contributed by atoms with E-state index in [1.54, 1.807) is 45.4 Å². The summed E-state index contributed by atoms with van der Waals surface area (Å²) in [5.74, 6) is 0.998. The number of amides is 1. The van der Waals surface area contributed by atoms with E-state index in [0.29, 0.717) is 27.2 Å². The third-order valence-corrected chi connectivity index (χ3v) is 4.23. The zero-order chi connectivity index (χ0) is 18.6. The molecule has 0 bridgehead atoms. The standard InChI is InChI=1S/C18H20Cl2N2O3/c1-10-7-16(24-3)17(25-4)9-15(10)21-11(2)18(23)22-14-6-5-12(19)8-13(14)20/h5-9,11,21H,1-4H3,(H,22,23)/t11-/m1/s1. The van der Waals surface area contributed by atoms with E-state index >= 15 is 0 Å². The molecule has 0 heterocycles. The average molecular weight is 383 g/mol. The fourth-order valence-electron chi connectivity index (χ4n) is 2.27. The normalized spacial score (nSPS) is 11.6. The maximum atomic E-state index is 12.4. The van der Waals surface area contributed by atoms with Crippen LogP contribution >= 0.6 is 23.2 Å². The summed E-state index contributed by atoms with van der Waals surface area (Å²) in [5.41, 5.74) is 2.22. The third kappa shape index (κ3) is 4.71. The summed E-state index contributed by atoms with van der Waals surface area (Å²) in [6.07, 6.45) is 0. The Morgan fingerprint density at radius 2 is 1.68 bits per heavy atom. The number of methoxy groups -OCH3 is 2. The number of carbonyl (C=O) groups is 1. The molecule has 0 aromatic heterocycles. The molecular formula is C18H20Cl2N2O3. The summed E-state index contributed by atoms with van der Waals surface area (Å²) in [6.45, 7) is 3.68. The summed E-state index contributed by atoms with van der Waals surface area (Å²) in [5, 5.41) is 6.84. The van der Waals surface area contributed by atoms with Crippen LogP contribution in [0.3, 0.4) is 0 Å². The number of hydrogen-bond donors (Lipinski definition) is 2. The van der Waals surface area contributed by atoms with Gasteiger partial charge >= 0.3 is 0 Å². The lowest BCUT2D eigenvalue weighted by Crippen LogP contribution is -2.32. The Balaban J connectivity index is 2.13. The zero-order valence-corrected chi connectivity index (χ0v) is 16.0. The number of halogens is 2. The molecule has 0 radical (unpaired) electrons. The summed E-state index contributed by atoms with van der Waals surface area (Å²) < 4.78 is 10.6. The molecule has 0 aliphatic rings. The van der Waals surface area contributed by atoms with Gasteiger partial charge in [-0.25, -0.2) is 0 Å². The minimum Gasteiger partial charge on any atom is -0.493 e. The predicted molar refractivity (Wildman–Crippen MR) is 102 cm³/mol. The number of hydrogen-bond acceptors (Lipinski definition) is 4. The van der Waals surface area contributed by atoms with Crippen LogP contribution in [0.5, 0.6) is 11.5 Å². The van der Waals surface area contributed by atoms with Crippen molar-refractivity contribution in [2.75, 3.05) is 24.9 Å². The van der Waals surface area contributed by atoms with Crippen LogP contribution < -0.4 is 20.1 Å². The molecule has 0 fully saturated rings. The molecule has 134 valence electrons. The third-order valence-electron chi connectivity index (χ3n) is 3.68. The summed E-state index contributed by atoms with van der Waals surface area (Å²) in [4.78, 5) is 12.4. The van der Waals surface area contributed by atoms with Gasteiger partial charge in [0.2, 0.25) is 5.91 Å². The Labute approximate surface area is 157 Å². The molecule has 0 aliphatic carbocycles. The fraction of sp³-hybridized carbons (Fsp3) is 0.278. The van der Waals surface area contributed by atoms with Gasteiger partial charge in [0.1, 0.15) is 6.04 Å². The van der Waals surface area contributed by atoms with Crippen LogP contribution in [-0.4, -0.2) is 26.2 Å². The van der Waals surface area contributed by atoms with E-state index in [4.69, 9.17) is 32.7 Å². The lowest BCUT2D eigenvalue weighted by molar-refractivity contribution is -0.116.